The maximum absolute atomic E-state index is 12.5. The highest BCUT2D eigenvalue weighted by molar-refractivity contribution is 7.24. The lowest BCUT2D eigenvalue weighted by Crippen LogP contribution is -2.46. The van der Waals surface area contributed by atoms with Gasteiger partial charge in [-0.25, -0.2) is 4.98 Å². The van der Waals surface area contributed by atoms with Gasteiger partial charge in [-0.05, 0) is 19.1 Å². The van der Waals surface area contributed by atoms with E-state index in [4.69, 9.17) is 11.6 Å². The number of carbonyl (C=O) groups is 1. The van der Waals surface area contributed by atoms with Gasteiger partial charge in [-0.1, -0.05) is 11.6 Å². The Morgan fingerprint density at radius 3 is 2.75 bits per heavy atom. The summed E-state index contributed by atoms with van der Waals surface area (Å²) in [6.07, 6.45) is 0. The standard InChI is InChI=1S/C13H14ClN3OS2/c1-8-11(13(18)17-6-4-15-5-7-17)20-12(16-8)9-2-3-10(14)19-9/h2-3,15H,4-7H2,1H3. The topological polar surface area (TPSA) is 45.2 Å². The molecule has 1 aliphatic rings. The van der Waals surface area contributed by atoms with Gasteiger partial charge in [-0.3, -0.25) is 4.79 Å². The lowest BCUT2D eigenvalue weighted by atomic mass is 10.3. The van der Waals surface area contributed by atoms with Gasteiger partial charge in [0.25, 0.3) is 5.91 Å². The average Bonchev–Trinajstić information content (AvgIpc) is 3.05. The van der Waals surface area contributed by atoms with Crippen LogP contribution in [0.15, 0.2) is 12.1 Å². The van der Waals surface area contributed by atoms with Crippen molar-refractivity contribution in [1.29, 1.82) is 0 Å². The largest absolute Gasteiger partial charge is 0.335 e. The van der Waals surface area contributed by atoms with Gasteiger partial charge in [-0.2, -0.15) is 0 Å². The van der Waals surface area contributed by atoms with Crippen molar-refractivity contribution in [1.82, 2.24) is 15.2 Å². The molecule has 0 radical (unpaired) electrons. The number of rotatable bonds is 2. The predicted octanol–water partition coefficient (Wildman–Crippen LogP) is 2.88. The molecule has 3 heterocycles. The minimum absolute atomic E-state index is 0.0930. The second-order valence-corrected chi connectivity index (χ2v) is 7.29. The third kappa shape index (κ3) is 2.74. The van der Waals surface area contributed by atoms with Gasteiger partial charge in [0.1, 0.15) is 9.88 Å². The van der Waals surface area contributed by atoms with Crippen LogP contribution in [0.2, 0.25) is 4.34 Å². The molecular weight excluding hydrogens is 314 g/mol. The van der Waals surface area contributed by atoms with Crippen LogP contribution < -0.4 is 5.32 Å². The molecule has 0 bridgehead atoms. The third-order valence-electron chi connectivity index (χ3n) is 3.18. The molecule has 0 aromatic carbocycles. The minimum Gasteiger partial charge on any atom is -0.335 e. The van der Waals surface area contributed by atoms with Crippen molar-refractivity contribution < 1.29 is 4.79 Å². The molecule has 3 rings (SSSR count). The van der Waals surface area contributed by atoms with Gasteiger partial charge in [0, 0.05) is 26.2 Å². The Kier molecular flexibility index (Phi) is 4.07. The Morgan fingerprint density at radius 2 is 2.10 bits per heavy atom. The SMILES string of the molecule is Cc1nc(-c2ccc(Cl)s2)sc1C(=O)N1CCNCC1. The first kappa shape index (κ1) is 14.0. The van der Waals surface area contributed by atoms with Crippen LogP contribution >= 0.6 is 34.3 Å². The number of nitrogens with zero attached hydrogens (tertiary/aromatic N) is 2. The molecule has 1 saturated heterocycles. The number of nitrogens with one attached hydrogen (secondary N) is 1. The van der Waals surface area contributed by atoms with Crippen molar-refractivity contribution in [2.45, 2.75) is 6.92 Å². The van der Waals surface area contributed by atoms with E-state index in [2.05, 4.69) is 10.3 Å². The van der Waals surface area contributed by atoms with Gasteiger partial charge < -0.3 is 10.2 Å². The monoisotopic (exact) mass is 327 g/mol. The highest BCUT2D eigenvalue weighted by atomic mass is 35.5. The number of hydrogen-bond donors (Lipinski definition) is 1. The van der Waals surface area contributed by atoms with Crippen molar-refractivity contribution in [2.24, 2.45) is 0 Å². The zero-order valence-electron chi connectivity index (χ0n) is 11.0. The summed E-state index contributed by atoms with van der Waals surface area (Å²) < 4.78 is 0.739. The quantitative estimate of drug-likeness (QED) is 0.922. The summed E-state index contributed by atoms with van der Waals surface area (Å²) in [5.41, 5.74) is 0.804. The van der Waals surface area contributed by atoms with E-state index in [-0.39, 0.29) is 5.91 Å². The van der Waals surface area contributed by atoms with E-state index < -0.39 is 0 Å². The van der Waals surface area contributed by atoms with Gasteiger partial charge >= 0.3 is 0 Å². The molecule has 0 aliphatic carbocycles. The van der Waals surface area contributed by atoms with E-state index in [0.29, 0.717) is 0 Å². The first-order valence-electron chi connectivity index (χ1n) is 6.38. The minimum atomic E-state index is 0.0930. The van der Waals surface area contributed by atoms with Crippen LogP contribution in [0.5, 0.6) is 0 Å². The summed E-state index contributed by atoms with van der Waals surface area (Å²) in [5, 5.41) is 4.12. The van der Waals surface area contributed by atoms with Gasteiger partial charge in [0.2, 0.25) is 0 Å². The highest BCUT2D eigenvalue weighted by Gasteiger charge is 2.23. The smallest absolute Gasteiger partial charge is 0.265 e. The predicted molar refractivity (Wildman–Crippen MR) is 83.9 cm³/mol. The van der Waals surface area contributed by atoms with Gasteiger partial charge in [0.05, 0.1) is 14.9 Å². The summed E-state index contributed by atoms with van der Waals surface area (Å²) in [6, 6.07) is 3.81. The fourth-order valence-corrected chi connectivity index (χ4v) is 4.27. The van der Waals surface area contributed by atoms with Crippen LogP contribution in [0.1, 0.15) is 15.4 Å². The van der Waals surface area contributed by atoms with E-state index in [1.807, 2.05) is 24.0 Å². The molecule has 2 aromatic rings. The van der Waals surface area contributed by atoms with E-state index in [1.165, 1.54) is 22.7 Å². The number of amides is 1. The van der Waals surface area contributed by atoms with Crippen molar-refractivity contribution in [3.8, 4) is 9.88 Å². The van der Waals surface area contributed by atoms with Crippen LogP contribution in [0.3, 0.4) is 0 Å². The molecule has 4 nitrogen and oxygen atoms in total. The molecule has 0 saturated carbocycles. The lowest BCUT2D eigenvalue weighted by molar-refractivity contribution is 0.0740. The number of aromatic nitrogens is 1. The molecule has 7 heteroatoms. The maximum Gasteiger partial charge on any atom is 0.265 e. The summed E-state index contributed by atoms with van der Waals surface area (Å²) in [4.78, 5) is 20.7. The average molecular weight is 328 g/mol. The molecule has 1 fully saturated rings. The van der Waals surface area contributed by atoms with E-state index >= 15 is 0 Å². The van der Waals surface area contributed by atoms with E-state index in [1.54, 1.807) is 0 Å². The van der Waals surface area contributed by atoms with Crippen LogP contribution in [0, 0.1) is 6.92 Å². The Balaban J connectivity index is 1.86. The fraction of sp³-hybridized carbons (Fsp3) is 0.385. The Hall–Kier alpha value is -0.950. The molecule has 106 valence electrons. The molecule has 20 heavy (non-hydrogen) atoms. The Labute approximate surface area is 130 Å². The van der Waals surface area contributed by atoms with Gasteiger partial charge in [0.15, 0.2) is 0 Å². The van der Waals surface area contributed by atoms with Crippen LogP contribution in [-0.2, 0) is 0 Å². The zero-order valence-corrected chi connectivity index (χ0v) is 13.4. The molecule has 0 atom stereocenters. The van der Waals surface area contributed by atoms with Crippen molar-refractivity contribution in [2.75, 3.05) is 26.2 Å². The number of thiazole rings is 1. The van der Waals surface area contributed by atoms with Crippen LogP contribution in [0.25, 0.3) is 9.88 Å². The number of halogens is 1. The molecule has 0 unspecified atom stereocenters. The van der Waals surface area contributed by atoms with Crippen molar-refractivity contribution in [3.63, 3.8) is 0 Å². The lowest BCUT2D eigenvalue weighted by Gasteiger charge is -2.26. The van der Waals surface area contributed by atoms with Crippen LogP contribution in [-0.4, -0.2) is 42.0 Å². The molecular formula is C13H14ClN3OS2. The van der Waals surface area contributed by atoms with E-state index in [9.17, 15) is 4.79 Å². The van der Waals surface area contributed by atoms with Gasteiger partial charge in [-0.15, -0.1) is 22.7 Å². The second kappa shape index (κ2) is 5.81. The second-order valence-electron chi connectivity index (χ2n) is 4.58. The third-order valence-corrected chi connectivity index (χ3v) is 5.72. The van der Waals surface area contributed by atoms with Crippen LogP contribution in [0.4, 0.5) is 0 Å². The Morgan fingerprint density at radius 1 is 1.35 bits per heavy atom. The number of carbonyl (C=O) groups excluding carboxylic acids is 1. The zero-order chi connectivity index (χ0) is 14.1. The molecule has 0 spiro atoms. The number of thiophene rings is 1. The first-order chi connectivity index (χ1) is 9.65. The molecule has 1 N–H and O–H groups in total. The maximum atomic E-state index is 12.5. The summed E-state index contributed by atoms with van der Waals surface area (Å²) in [5.74, 6) is 0.0930. The van der Waals surface area contributed by atoms with Crippen molar-refractivity contribution >= 4 is 40.2 Å². The number of aryl methyl sites for hydroxylation is 1. The van der Waals surface area contributed by atoms with Crippen molar-refractivity contribution in [3.05, 3.63) is 27.0 Å². The number of hydrogen-bond acceptors (Lipinski definition) is 5. The molecule has 2 aromatic heterocycles. The summed E-state index contributed by atoms with van der Waals surface area (Å²) in [7, 11) is 0. The molecule has 1 amide bonds. The summed E-state index contributed by atoms with van der Waals surface area (Å²) >= 11 is 8.90. The first-order valence-corrected chi connectivity index (χ1v) is 8.39. The normalized spacial score (nSPS) is 15.6. The Bertz CT molecular complexity index is 631. The fourth-order valence-electron chi connectivity index (χ4n) is 2.14. The molecule has 1 aliphatic heterocycles. The number of piperazine rings is 1. The highest BCUT2D eigenvalue weighted by Crippen LogP contribution is 2.35. The summed E-state index contributed by atoms with van der Waals surface area (Å²) in [6.45, 7) is 5.13. The van der Waals surface area contributed by atoms with E-state index in [0.717, 1.165) is 51.0 Å².